The summed E-state index contributed by atoms with van der Waals surface area (Å²) in [5.41, 5.74) is 7.38. The number of nitrogens with one attached hydrogen (secondary N) is 2. The number of rotatable bonds is 7. The third-order valence-corrected chi connectivity index (χ3v) is 4.43. The number of hydrogen-bond donors (Lipinski definition) is 3. The molecule has 144 valence electrons. The number of benzene rings is 1. The van der Waals surface area contributed by atoms with Crippen molar-refractivity contribution in [3.8, 4) is 5.75 Å². The van der Waals surface area contributed by atoms with Crippen molar-refractivity contribution in [3.05, 3.63) is 60.3 Å². The highest BCUT2D eigenvalue weighted by Crippen LogP contribution is 2.17. The molecule has 0 bridgehead atoms. The van der Waals surface area contributed by atoms with Crippen molar-refractivity contribution in [2.24, 2.45) is 5.92 Å². The van der Waals surface area contributed by atoms with Crippen LogP contribution >= 0.6 is 0 Å². The van der Waals surface area contributed by atoms with E-state index in [-0.39, 0.29) is 11.5 Å². The molecule has 0 saturated carbocycles. The molecule has 0 spiro atoms. The summed E-state index contributed by atoms with van der Waals surface area (Å²) in [4.78, 5) is 20.1. The monoisotopic (exact) mass is 379 g/mol. The Morgan fingerprint density at radius 3 is 2.96 bits per heavy atom. The van der Waals surface area contributed by atoms with E-state index in [1.165, 1.54) is 12.4 Å². The summed E-state index contributed by atoms with van der Waals surface area (Å²) in [6.45, 7) is 3.31. The number of amides is 1. The maximum absolute atomic E-state index is 12.3. The fourth-order valence-corrected chi connectivity index (χ4v) is 2.83. The van der Waals surface area contributed by atoms with Crippen LogP contribution in [0.1, 0.15) is 16.1 Å². The molecule has 1 aliphatic heterocycles. The Kier molecular flexibility index (Phi) is 5.16. The van der Waals surface area contributed by atoms with Crippen molar-refractivity contribution in [2.75, 3.05) is 30.7 Å². The predicted molar refractivity (Wildman–Crippen MR) is 104 cm³/mol. The van der Waals surface area contributed by atoms with Gasteiger partial charge in [-0.15, -0.1) is 0 Å². The van der Waals surface area contributed by atoms with E-state index >= 15 is 0 Å². The maximum atomic E-state index is 12.3. The number of nitrogen functional groups attached to an aromatic ring is 1. The molecule has 2 aromatic heterocycles. The second-order valence-corrected chi connectivity index (χ2v) is 6.65. The average molecular weight is 379 g/mol. The van der Waals surface area contributed by atoms with Gasteiger partial charge in [0.25, 0.3) is 5.91 Å². The molecule has 1 aromatic carbocycles. The van der Waals surface area contributed by atoms with E-state index in [1.54, 1.807) is 17.1 Å². The SMILES string of the molecule is Nc1nccnc1C(=O)Nc1cnn(Cc2cccc(OCC3CNC3)c2)c1. The summed E-state index contributed by atoms with van der Waals surface area (Å²) >= 11 is 0. The van der Waals surface area contributed by atoms with Crippen molar-refractivity contribution < 1.29 is 9.53 Å². The lowest BCUT2D eigenvalue weighted by molar-refractivity contribution is 0.102. The quantitative estimate of drug-likeness (QED) is 0.563. The van der Waals surface area contributed by atoms with Gasteiger partial charge < -0.3 is 21.1 Å². The van der Waals surface area contributed by atoms with Gasteiger partial charge in [0.1, 0.15) is 5.75 Å². The Morgan fingerprint density at radius 1 is 1.32 bits per heavy atom. The van der Waals surface area contributed by atoms with Gasteiger partial charge in [0.2, 0.25) is 0 Å². The highest BCUT2D eigenvalue weighted by atomic mass is 16.5. The zero-order valence-electron chi connectivity index (χ0n) is 15.2. The van der Waals surface area contributed by atoms with Gasteiger partial charge in [0, 0.05) is 37.6 Å². The second-order valence-electron chi connectivity index (χ2n) is 6.65. The Balaban J connectivity index is 1.36. The molecule has 3 aromatic rings. The van der Waals surface area contributed by atoms with E-state index in [1.807, 2.05) is 24.3 Å². The van der Waals surface area contributed by atoms with E-state index in [9.17, 15) is 4.79 Å². The third kappa shape index (κ3) is 4.26. The van der Waals surface area contributed by atoms with Crippen molar-refractivity contribution in [1.29, 1.82) is 0 Å². The van der Waals surface area contributed by atoms with Gasteiger partial charge in [0.05, 0.1) is 25.0 Å². The number of aromatic nitrogens is 4. The number of carbonyl (C=O) groups excluding carboxylic acids is 1. The summed E-state index contributed by atoms with van der Waals surface area (Å²) in [5, 5.41) is 10.3. The molecule has 1 saturated heterocycles. The highest BCUT2D eigenvalue weighted by Gasteiger charge is 2.17. The van der Waals surface area contributed by atoms with Crippen LogP contribution in [-0.2, 0) is 6.54 Å². The molecule has 1 fully saturated rings. The zero-order chi connectivity index (χ0) is 19.3. The smallest absolute Gasteiger partial charge is 0.278 e. The van der Waals surface area contributed by atoms with Crippen LogP contribution in [0.4, 0.5) is 11.5 Å². The van der Waals surface area contributed by atoms with Crippen molar-refractivity contribution in [2.45, 2.75) is 6.54 Å². The normalized spacial score (nSPS) is 13.7. The van der Waals surface area contributed by atoms with Crippen LogP contribution in [0.15, 0.2) is 49.1 Å². The number of nitrogens with zero attached hydrogens (tertiary/aromatic N) is 4. The van der Waals surface area contributed by atoms with Crippen molar-refractivity contribution >= 4 is 17.4 Å². The van der Waals surface area contributed by atoms with Gasteiger partial charge in [-0.05, 0) is 17.7 Å². The number of hydrogen-bond acceptors (Lipinski definition) is 7. The van der Waals surface area contributed by atoms with Gasteiger partial charge in [-0.25, -0.2) is 9.97 Å². The molecule has 1 aliphatic rings. The first kappa shape index (κ1) is 17.9. The van der Waals surface area contributed by atoms with Crippen LogP contribution in [0, 0.1) is 5.92 Å². The zero-order valence-corrected chi connectivity index (χ0v) is 15.2. The number of anilines is 2. The topological polar surface area (TPSA) is 120 Å². The minimum atomic E-state index is -0.425. The molecular weight excluding hydrogens is 358 g/mol. The number of carbonyl (C=O) groups is 1. The second kappa shape index (κ2) is 8.05. The Bertz CT molecular complexity index is 968. The first-order valence-electron chi connectivity index (χ1n) is 9.00. The summed E-state index contributed by atoms with van der Waals surface area (Å²) in [6, 6.07) is 7.94. The molecule has 0 atom stereocenters. The molecular formula is C19H21N7O2. The lowest BCUT2D eigenvalue weighted by Gasteiger charge is -2.26. The fourth-order valence-electron chi connectivity index (χ4n) is 2.83. The maximum Gasteiger partial charge on any atom is 0.278 e. The first-order chi connectivity index (χ1) is 13.7. The van der Waals surface area contributed by atoms with E-state index in [2.05, 4.69) is 25.7 Å². The van der Waals surface area contributed by atoms with E-state index in [4.69, 9.17) is 10.5 Å². The third-order valence-electron chi connectivity index (χ3n) is 4.43. The van der Waals surface area contributed by atoms with Crippen molar-refractivity contribution in [3.63, 3.8) is 0 Å². The van der Waals surface area contributed by atoms with Gasteiger partial charge in [-0.3, -0.25) is 9.48 Å². The molecule has 9 nitrogen and oxygen atoms in total. The number of nitrogens with two attached hydrogens (primary N) is 1. The molecule has 0 radical (unpaired) electrons. The molecule has 4 rings (SSSR count). The van der Waals surface area contributed by atoms with E-state index in [0.717, 1.165) is 31.0 Å². The highest BCUT2D eigenvalue weighted by molar-refractivity contribution is 6.05. The van der Waals surface area contributed by atoms with Crippen LogP contribution in [-0.4, -0.2) is 45.4 Å². The molecule has 9 heteroatoms. The van der Waals surface area contributed by atoms with Crippen molar-refractivity contribution in [1.82, 2.24) is 25.1 Å². The summed E-state index contributed by atoms with van der Waals surface area (Å²) in [7, 11) is 0. The standard InChI is InChI=1S/C19H21N7O2/c20-18-17(22-4-5-23-18)19(27)25-15-9-24-26(11-15)10-13-2-1-3-16(6-13)28-12-14-7-21-8-14/h1-6,9,11,14,21H,7-8,10,12H2,(H2,20,23)(H,25,27). The fraction of sp³-hybridized carbons (Fsp3) is 0.263. The molecule has 3 heterocycles. The summed E-state index contributed by atoms with van der Waals surface area (Å²) in [5.74, 6) is 1.10. The van der Waals surface area contributed by atoms with E-state index in [0.29, 0.717) is 18.2 Å². The molecule has 28 heavy (non-hydrogen) atoms. The average Bonchev–Trinajstić information content (AvgIpc) is 3.08. The minimum absolute atomic E-state index is 0.0850. The largest absolute Gasteiger partial charge is 0.493 e. The van der Waals surface area contributed by atoms with Gasteiger partial charge in [-0.2, -0.15) is 5.10 Å². The van der Waals surface area contributed by atoms with Crippen LogP contribution in [0.5, 0.6) is 5.75 Å². The lowest BCUT2D eigenvalue weighted by atomic mass is 10.1. The first-order valence-corrected chi connectivity index (χ1v) is 9.00. The Labute approximate surface area is 161 Å². The van der Waals surface area contributed by atoms with Crippen LogP contribution in [0.2, 0.25) is 0 Å². The van der Waals surface area contributed by atoms with E-state index < -0.39 is 5.91 Å². The number of ether oxygens (including phenoxy) is 1. The molecule has 1 amide bonds. The molecule has 0 aliphatic carbocycles. The van der Waals surface area contributed by atoms with Crippen LogP contribution in [0.3, 0.4) is 0 Å². The Hall–Kier alpha value is -3.46. The van der Waals surface area contributed by atoms with Crippen LogP contribution < -0.4 is 21.1 Å². The molecule has 0 unspecified atom stereocenters. The van der Waals surface area contributed by atoms with Gasteiger partial charge in [-0.1, -0.05) is 12.1 Å². The summed E-state index contributed by atoms with van der Waals surface area (Å²) in [6.07, 6.45) is 6.18. The lowest BCUT2D eigenvalue weighted by Crippen LogP contribution is -2.45. The van der Waals surface area contributed by atoms with Gasteiger partial charge in [0.15, 0.2) is 11.5 Å². The summed E-state index contributed by atoms with van der Waals surface area (Å²) < 4.78 is 7.60. The van der Waals surface area contributed by atoms with Gasteiger partial charge >= 0.3 is 0 Å². The molecule has 4 N–H and O–H groups in total. The Morgan fingerprint density at radius 2 is 2.18 bits per heavy atom. The van der Waals surface area contributed by atoms with Crippen LogP contribution in [0.25, 0.3) is 0 Å². The minimum Gasteiger partial charge on any atom is -0.493 e. The predicted octanol–water partition coefficient (Wildman–Crippen LogP) is 1.15.